The van der Waals surface area contributed by atoms with Crippen LogP contribution >= 0.6 is 11.6 Å². The second-order valence-electron chi connectivity index (χ2n) is 7.20. The molecule has 0 spiro atoms. The van der Waals surface area contributed by atoms with Crippen LogP contribution in [0.3, 0.4) is 0 Å². The van der Waals surface area contributed by atoms with E-state index in [1.165, 1.54) is 0 Å². The van der Waals surface area contributed by atoms with E-state index < -0.39 is 5.41 Å². The Kier molecular flexibility index (Phi) is 5.51. The molecule has 22 heavy (non-hydrogen) atoms. The molecule has 4 heteroatoms. The first kappa shape index (κ1) is 17.3. The highest BCUT2D eigenvalue weighted by Crippen LogP contribution is 2.29. The third kappa shape index (κ3) is 4.23. The molecule has 1 amide bonds. The van der Waals surface area contributed by atoms with Crippen LogP contribution in [0.5, 0.6) is 0 Å². The van der Waals surface area contributed by atoms with Crippen LogP contribution in [0.4, 0.5) is 0 Å². The van der Waals surface area contributed by atoms with Crippen LogP contribution in [0, 0.1) is 11.3 Å². The first-order valence-corrected chi connectivity index (χ1v) is 8.47. The predicted octanol–water partition coefficient (Wildman–Crippen LogP) is 3.49. The third-order valence-corrected chi connectivity index (χ3v) is 4.84. The fourth-order valence-electron chi connectivity index (χ4n) is 3.28. The Morgan fingerprint density at radius 1 is 1.50 bits per heavy atom. The molecule has 2 atom stereocenters. The fourth-order valence-corrected chi connectivity index (χ4v) is 3.50. The zero-order chi connectivity index (χ0) is 16.3. The lowest BCUT2D eigenvalue weighted by Gasteiger charge is -2.39. The SMILES string of the molecule is CC(N)C1CCCN(C(=O)C(C)(C)Cc2cccc(Cl)c2)C1. The summed E-state index contributed by atoms with van der Waals surface area (Å²) in [5, 5.41) is 0.718. The van der Waals surface area contributed by atoms with Crippen molar-refractivity contribution in [1.82, 2.24) is 4.90 Å². The Labute approximate surface area is 138 Å². The van der Waals surface area contributed by atoms with Gasteiger partial charge in [-0.3, -0.25) is 4.79 Å². The molecule has 0 bridgehead atoms. The van der Waals surface area contributed by atoms with Gasteiger partial charge in [-0.25, -0.2) is 0 Å². The predicted molar refractivity (Wildman–Crippen MR) is 91.9 cm³/mol. The van der Waals surface area contributed by atoms with Crippen LogP contribution in [0.2, 0.25) is 5.02 Å². The quantitative estimate of drug-likeness (QED) is 0.922. The Morgan fingerprint density at radius 2 is 2.23 bits per heavy atom. The van der Waals surface area contributed by atoms with Gasteiger partial charge >= 0.3 is 0 Å². The molecular formula is C18H27ClN2O. The Hall–Kier alpha value is -1.06. The van der Waals surface area contributed by atoms with Gasteiger partial charge in [0.2, 0.25) is 5.91 Å². The molecule has 0 aromatic heterocycles. The summed E-state index contributed by atoms with van der Waals surface area (Å²) >= 11 is 6.05. The first-order chi connectivity index (χ1) is 10.3. The van der Waals surface area contributed by atoms with E-state index in [2.05, 4.69) is 0 Å². The van der Waals surface area contributed by atoms with Gasteiger partial charge in [0.25, 0.3) is 0 Å². The smallest absolute Gasteiger partial charge is 0.228 e. The van der Waals surface area contributed by atoms with Gasteiger partial charge in [-0.05, 0) is 49.8 Å². The van der Waals surface area contributed by atoms with E-state index in [1.54, 1.807) is 0 Å². The molecule has 2 N–H and O–H groups in total. The highest BCUT2D eigenvalue weighted by Gasteiger charge is 2.35. The average Bonchev–Trinajstić information content (AvgIpc) is 2.46. The minimum absolute atomic E-state index is 0.145. The van der Waals surface area contributed by atoms with Crippen molar-refractivity contribution in [1.29, 1.82) is 0 Å². The van der Waals surface area contributed by atoms with Gasteiger partial charge in [0.05, 0.1) is 0 Å². The van der Waals surface area contributed by atoms with Crippen molar-refractivity contribution in [3.63, 3.8) is 0 Å². The monoisotopic (exact) mass is 322 g/mol. The van der Waals surface area contributed by atoms with Gasteiger partial charge in [-0.2, -0.15) is 0 Å². The maximum atomic E-state index is 12.9. The van der Waals surface area contributed by atoms with Crippen molar-refractivity contribution in [3.8, 4) is 0 Å². The topological polar surface area (TPSA) is 46.3 Å². The van der Waals surface area contributed by atoms with E-state index in [0.29, 0.717) is 12.3 Å². The number of benzene rings is 1. The molecule has 3 nitrogen and oxygen atoms in total. The molecule has 1 aliphatic rings. The Bertz CT molecular complexity index is 528. The van der Waals surface area contributed by atoms with Crippen molar-refractivity contribution in [2.45, 2.75) is 46.1 Å². The molecular weight excluding hydrogens is 296 g/mol. The van der Waals surface area contributed by atoms with E-state index in [4.69, 9.17) is 17.3 Å². The number of carbonyl (C=O) groups excluding carboxylic acids is 1. The molecule has 0 radical (unpaired) electrons. The van der Waals surface area contributed by atoms with E-state index in [-0.39, 0.29) is 11.9 Å². The number of piperidine rings is 1. The van der Waals surface area contributed by atoms with Crippen molar-refractivity contribution < 1.29 is 4.79 Å². The second kappa shape index (κ2) is 7.01. The maximum absolute atomic E-state index is 12.9. The Balaban J connectivity index is 2.06. The van der Waals surface area contributed by atoms with Crippen LogP contribution in [0.1, 0.15) is 39.2 Å². The van der Waals surface area contributed by atoms with Crippen LogP contribution in [0.25, 0.3) is 0 Å². The number of nitrogens with two attached hydrogens (primary N) is 1. The number of rotatable bonds is 4. The standard InChI is InChI=1S/C18H27ClN2O/c1-13(20)15-7-5-9-21(12-15)17(22)18(2,3)11-14-6-4-8-16(19)10-14/h4,6,8,10,13,15H,5,7,9,11-12,20H2,1-3H3. The van der Waals surface area contributed by atoms with E-state index >= 15 is 0 Å². The van der Waals surface area contributed by atoms with Crippen LogP contribution in [0.15, 0.2) is 24.3 Å². The minimum Gasteiger partial charge on any atom is -0.342 e. The van der Waals surface area contributed by atoms with Crippen molar-refractivity contribution >= 4 is 17.5 Å². The highest BCUT2D eigenvalue weighted by molar-refractivity contribution is 6.30. The lowest BCUT2D eigenvalue weighted by Crippen LogP contribution is -2.49. The zero-order valence-electron chi connectivity index (χ0n) is 13.8. The summed E-state index contributed by atoms with van der Waals surface area (Å²) in [6.07, 6.45) is 2.87. The van der Waals surface area contributed by atoms with E-state index in [9.17, 15) is 4.79 Å². The van der Waals surface area contributed by atoms with Crippen molar-refractivity contribution in [2.75, 3.05) is 13.1 Å². The molecule has 1 aliphatic heterocycles. The normalized spacial score (nSPS) is 20.8. The summed E-state index contributed by atoms with van der Waals surface area (Å²) < 4.78 is 0. The van der Waals surface area contributed by atoms with Gasteiger partial charge in [0.1, 0.15) is 0 Å². The van der Waals surface area contributed by atoms with Gasteiger partial charge in [0, 0.05) is 29.6 Å². The number of amides is 1. The van der Waals surface area contributed by atoms with Gasteiger partial charge < -0.3 is 10.6 Å². The zero-order valence-corrected chi connectivity index (χ0v) is 14.6. The molecule has 1 aromatic carbocycles. The van der Waals surface area contributed by atoms with Gasteiger partial charge in [0.15, 0.2) is 0 Å². The molecule has 1 aromatic rings. The van der Waals surface area contributed by atoms with E-state index in [0.717, 1.165) is 36.5 Å². The molecule has 0 saturated carbocycles. The number of carbonyl (C=O) groups is 1. The summed E-state index contributed by atoms with van der Waals surface area (Å²) in [6.45, 7) is 7.71. The average molecular weight is 323 g/mol. The van der Waals surface area contributed by atoms with E-state index in [1.807, 2.05) is 49.9 Å². The molecule has 1 fully saturated rings. The van der Waals surface area contributed by atoms with Crippen molar-refractivity contribution in [2.24, 2.45) is 17.1 Å². The number of likely N-dealkylation sites (tertiary alicyclic amines) is 1. The van der Waals surface area contributed by atoms with Gasteiger partial charge in [-0.15, -0.1) is 0 Å². The number of nitrogens with zero attached hydrogens (tertiary/aromatic N) is 1. The molecule has 1 heterocycles. The Morgan fingerprint density at radius 3 is 2.86 bits per heavy atom. The fraction of sp³-hybridized carbons (Fsp3) is 0.611. The van der Waals surface area contributed by atoms with Crippen LogP contribution in [-0.4, -0.2) is 29.9 Å². The van der Waals surface area contributed by atoms with Gasteiger partial charge in [-0.1, -0.05) is 37.6 Å². The van der Waals surface area contributed by atoms with Crippen molar-refractivity contribution in [3.05, 3.63) is 34.9 Å². The summed E-state index contributed by atoms with van der Waals surface area (Å²) in [7, 11) is 0. The summed E-state index contributed by atoms with van der Waals surface area (Å²) in [5.74, 6) is 0.637. The number of hydrogen-bond donors (Lipinski definition) is 1. The molecule has 1 saturated heterocycles. The second-order valence-corrected chi connectivity index (χ2v) is 7.64. The molecule has 2 unspecified atom stereocenters. The van der Waals surface area contributed by atoms with Crippen LogP contribution < -0.4 is 5.73 Å². The minimum atomic E-state index is -0.426. The highest BCUT2D eigenvalue weighted by atomic mass is 35.5. The lowest BCUT2D eigenvalue weighted by atomic mass is 9.82. The molecule has 2 rings (SSSR count). The molecule has 0 aliphatic carbocycles. The summed E-state index contributed by atoms with van der Waals surface area (Å²) in [4.78, 5) is 14.9. The first-order valence-electron chi connectivity index (χ1n) is 8.09. The third-order valence-electron chi connectivity index (χ3n) is 4.60. The number of halogens is 1. The maximum Gasteiger partial charge on any atom is 0.228 e. The van der Waals surface area contributed by atoms with Crippen LogP contribution in [-0.2, 0) is 11.2 Å². The lowest BCUT2D eigenvalue weighted by molar-refractivity contribution is -0.142. The summed E-state index contributed by atoms with van der Waals surface area (Å²) in [6, 6.07) is 7.91. The number of hydrogen-bond acceptors (Lipinski definition) is 2. The molecule has 122 valence electrons. The summed E-state index contributed by atoms with van der Waals surface area (Å²) in [5.41, 5.74) is 6.70. The largest absolute Gasteiger partial charge is 0.342 e.